The third-order valence-electron chi connectivity index (χ3n) is 4.06. The van der Waals surface area contributed by atoms with Crippen LogP contribution in [0.4, 0.5) is 0 Å². The summed E-state index contributed by atoms with van der Waals surface area (Å²) in [6, 6.07) is 7.56. The standard InChI is InChI=1S/C15H13N3O3/c1-20-11-4-2-10(3-5-11)15-13-9-17-16-8-12(13)14(19)18(15)6-7-21-15/h2-5,8-9H,6-7H2,1H3. The molecule has 1 saturated heterocycles. The van der Waals surface area contributed by atoms with Crippen LogP contribution in [0, 0.1) is 0 Å². The molecule has 6 heteroatoms. The van der Waals surface area contributed by atoms with Crippen molar-refractivity contribution in [1.29, 1.82) is 0 Å². The first-order valence-corrected chi connectivity index (χ1v) is 6.69. The molecule has 0 aliphatic carbocycles. The predicted octanol–water partition coefficient (Wildman–Crippen LogP) is 1.17. The topological polar surface area (TPSA) is 64.6 Å². The molecule has 1 aromatic heterocycles. The molecular weight excluding hydrogens is 270 g/mol. The number of aromatic nitrogens is 2. The molecule has 0 spiro atoms. The SMILES string of the molecule is COc1ccc(C23OCCN2C(=O)c2cnncc23)cc1. The fourth-order valence-electron chi connectivity index (χ4n) is 3.11. The Balaban J connectivity index is 1.93. The molecule has 21 heavy (non-hydrogen) atoms. The van der Waals surface area contributed by atoms with Gasteiger partial charge in [0.05, 0.1) is 31.7 Å². The highest BCUT2D eigenvalue weighted by atomic mass is 16.5. The zero-order chi connectivity index (χ0) is 14.4. The Labute approximate surface area is 121 Å². The molecule has 1 unspecified atom stereocenters. The second-order valence-corrected chi connectivity index (χ2v) is 4.99. The molecule has 1 fully saturated rings. The Kier molecular flexibility index (Phi) is 2.49. The summed E-state index contributed by atoms with van der Waals surface area (Å²) in [4.78, 5) is 14.3. The number of nitrogens with zero attached hydrogens (tertiary/aromatic N) is 3. The van der Waals surface area contributed by atoms with E-state index >= 15 is 0 Å². The van der Waals surface area contributed by atoms with E-state index in [0.717, 1.165) is 16.9 Å². The minimum Gasteiger partial charge on any atom is -0.497 e. The van der Waals surface area contributed by atoms with Gasteiger partial charge in [0.2, 0.25) is 0 Å². The molecule has 1 amide bonds. The van der Waals surface area contributed by atoms with Crippen LogP contribution in [0.15, 0.2) is 36.7 Å². The molecule has 0 saturated carbocycles. The second kappa shape index (κ2) is 4.26. The van der Waals surface area contributed by atoms with Gasteiger partial charge < -0.3 is 9.47 Å². The summed E-state index contributed by atoms with van der Waals surface area (Å²) in [5, 5.41) is 7.74. The number of carbonyl (C=O) groups excluding carboxylic acids is 1. The van der Waals surface area contributed by atoms with Gasteiger partial charge in [-0.1, -0.05) is 12.1 Å². The number of carbonyl (C=O) groups is 1. The first kappa shape index (κ1) is 12.3. The van der Waals surface area contributed by atoms with Crippen LogP contribution in [-0.2, 0) is 10.5 Å². The van der Waals surface area contributed by atoms with Gasteiger partial charge >= 0.3 is 0 Å². The van der Waals surface area contributed by atoms with Crippen molar-refractivity contribution in [3.63, 3.8) is 0 Å². The first-order chi connectivity index (χ1) is 10.3. The summed E-state index contributed by atoms with van der Waals surface area (Å²) in [6.45, 7) is 1.05. The molecule has 1 aromatic carbocycles. The summed E-state index contributed by atoms with van der Waals surface area (Å²) < 4.78 is 11.2. The minimum atomic E-state index is -0.880. The van der Waals surface area contributed by atoms with E-state index < -0.39 is 5.72 Å². The maximum Gasteiger partial charge on any atom is 0.258 e. The van der Waals surface area contributed by atoms with E-state index in [2.05, 4.69) is 10.2 Å². The van der Waals surface area contributed by atoms with E-state index in [0.29, 0.717) is 18.7 Å². The zero-order valence-electron chi connectivity index (χ0n) is 11.4. The lowest BCUT2D eigenvalue weighted by Crippen LogP contribution is -2.40. The monoisotopic (exact) mass is 283 g/mol. The Hall–Kier alpha value is -2.47. The molecule has 2 aliphatic heterocycles. The van der Waals surface area contributed by atoms with Crippen LogP contribution >= 0.6 is 0 Å². The molecule has 106 valence electrons. The molecular formula is C15H13N3O3. The van der Waals surface area contributed by atoms with Crippen LogP contribution in [0.2, 0.25) is 0 Å². The molecule has 6 nitrogen and oxygen atoms in total. The zero-order valence-corrected chi connectivity index (χ0v) is 11.4. The van der Waals surface area contributed by atoms with Gasteiger partial charge in [0.15, 0.2) is 5.72 Å². The summed E-state index contributed by atoms with van der Waals surface area (Å²) in [6.07, 6.45) is 3.12. The minimum absolute atomic E-state index is 0.0618. The van der Waals surface area contributed by atoms with Crippen LogP contribution in [0.3, 0.4) is 0 Å². The van der Waals surface area contributed by atoms with E-state index in [9.17, 15) is 4.79 Å². The van der Waals surface area contributed by atoms with Gasteiger partial charge in [0.25, 0.3) is 5.91 Å². The Morgan fingerprint density at radius 2 is 2.00 bits per heavy atom. The van der Waals surface area contributed by atoms with Crippen molar-refractivity contribution in [2.45, 2.75) is 5.72 Å². The molecule has 2 aromatic rings. The van der Waals surface area contributed by atoms with Crippen LogP contribution in [0.1, 0.15) is 21.5 Å². The van der Waals surface area contributed by atoms with E-state index in [1.165, 1.54) is 6.20 Å². The maximum absolute atomic E-state index is 12.5. The van der Waals surface area contributed by atoms with Gasteiger partial charge in [-0.15, -0.1) is 0 Å². The first-order valence-electron chi connectivity index (χ1n) is 6.69. The molecule has 2 aliphatic rings. The van der Waals surface area contributed by atoms with Gasteiger partial charge in [-0.2, -0.15) is 10.2 Å². The highest BCUT2D eigenvalue weighted by Crippen LogP contribution is 2.47. The third-order valence-corrected chi connectivity index (χ3v) is 4.06. The van der Waals surface area contributed by atoms with Crippen molar-refractivity contribution >= 4 is 5.91 Å². The maximum atomic E-state index is 12.5. The summed E-state index contributed by atoms with van der Waals surface area (Å²) >= 11 is 0. The largest absolute Gasteiger partial charge is 0.497 e. The fraction of sp³-hybridized carbons (Fsp3) is 0.267. The average Bonchev–Trinajstić information content (AvgIpc) is 3.08. The Morgan fingerprint density at radius 3 is 2.76 bits per heavy atom. The van der Waals surface area contributed by atoms with Gasteiger partial charge in [0, 0.05) is 17.7 Å². The Bertz CT molecular complexity index is 716. The van der Waals surface area contributed by atoms with Crippen LogP contribution in [0.25, 0.3) is 0 Å². The van der Waals surface area contributed by atoms with Crippen molar-refractivity contribution in [3.8, 4) is 5.75 Å². The highest BCUT2D eigenvalue weighted by Gasteiger charge is 2.55. The van der Waals surface area contributed by atoms with E-state index in [4.69, 9.17) is 9.47 Å². The number of fused-ring (bicyclic) bond motifs is 3. The quantitative estimate of drug-likeness (QED) is 0.828. The fourth-order valence-corrected chi connectivity index (χ4v) is 3.11. The number of methoxy groups -OCH3 is 1. The molecule has 0 bridgehead atoms. The number of amides is 1. The molecule has 1 atom stereocenters. The molecule has 0 N–H and O–H groups in total. The van der Waals surface area contributed by atoms with Gasteiger partial charge in [-0.3, -0.25) is 9.69 Å². The Morgan fingerprint density at radius 1 is 1.24 bits per heavy atom. The number of rotatable bonds is 2. The van der Waals surface area contributed by atoms with Gasteiger partial charge in [-0.25, -0.2) is 0 Å². The van der Waals surface area contributed by atoms with Crippen molar-refractivity contribution < 1.29 is 14.3 Å². The molecule has 0 radical (unpaired) electrons. The van der Waals surface area contributed by atoms with Crippen molar-refractivity contribution in [1.82, 2.24) is 15.1 Å². The predicted molar refractivity (Wildman–Crippen MR) is 72.8 cm³/mol. The molecule has 4 rings (SSSR count). The lowest BCUT2D eigenvalue weighted by molar-refractivity contribution is -0.0306. The second-order valence-electron chi connectivity index (χ2n) is 4.99. The smallest absolute Gasteiger partial charge is 0.258 e. The number of benzene rings is 1. The lowest BCUT2D eigenvalue weighted by Gasteiger charge is -2.31. The van der Waals surface area contributed by atoms with Gasteiger partial charge in [-0.05, 0) is 12.1 Å². The van der Waals surface area contributed by atoms with Gasteiger partial charge in [0.1, 0.15) is 5.75 Å². The van der Waals surface area contributed by atoms with Crippen LogP contribution < -0.4 is 4.74 Å². The summed E-state index contributed by atoms with van der Waals surface area (Å²) in [5.41, 5.74) is 1.32. The van der Waals surface area contributed by atoms with E-state index in [-0.39, 0.29) is 5.91 Å². The number of ether oxygens (including phenoxy) is 2. The van der Waals surface area contributed by atoms with Crippen LogP contribution in [-0.4, -0.2) is 41.3 Å². The highest BCUT2D eigenvalue weighted by molar-refractivity contribution is 6.00. The summed E-state index contributed by atoms with van der Waals surface area (Å²) in [5.74, 6) is 0.699. The summed E-state index contributed by atoms with van der Waals surface area (Å²) in [7, 11) is 1.62. The number of hydrogen-bond donors (Lipinski definition) is 0. The average molecular weight is 283 g/mol. The van der Waals surface area contributed by atoms with Crippen LogP contribution in [0.5, 0.6) is 5.75 Å². The van der Waals surface area contributed by atoms with E-state index in [1.54, 1.807) is 18.2 Å². The van der Waals surface area contributed by atoms with Crippen molar-refractivity contribution in [2.75, 3.05) is 20.3 Å². The van der Waals surface area contributed by atoms with Crippen molar-refractivity contribution in [2.24, 2.45) is 0 Å². The lowest BCUT2D eigenvalue weighted by atomic mass is 9.96. The third kappa shape index (κ3) is 1.48. The normalized spacial score (nSPS) is 23.1. The molecule has 3 heterocycles. The van der Waals surface area contributed by atoms with Crippen molar-refractivity contribution in [3.05, 3.63) is 53.3 Å². The number of hydrogen-bond acceptors (Lipinski definition) is 5. The van der Waals surface area contributed by atoms with E-state index in [1.807, 2.05) is 24.3 Å².